The van der Waals surface area contributed by atoms with E-state index in [2.05, 4.69) is 12.2 Å². The van der Waals surface area contributed by atoms with Crippen LogP contribution in [-0.4, -0.2) is 18.5 Å². The molecule has 0 spiro atoms. The zero-order valence-corrected chi connectivity index (χ0v) is 9.45. The van der Waals surface area contributed by atoms with Gasteiger partial charge >= 0.3 is 0 Å². The van der Waals surface area contributed by atoms with E-state index in [1.165, 1.54) is 38.6 Å². The monoisotopic (exact) mass is 203 g/mol. The Balaban J connectivity index is 1.83. The van der Waals surface area contributed by atoms with E-state index in [1.54, 1.807) is 0 Å². The molecule has 1 nitrogen and oxygen atoms in total. The van der Waals surface area contributed by atoms with Gasteiger partial charge in [-0.2, -0.15) is 0 Å². The number of alkyl halides is 1. The van der Waals surface area contributed by atoms with E-state index >= 15 is 0 Å². The topological polar surface area (TPSA) is 12.0 Å². The van der Waals surface area contributed by atoms with Gasteiger partial charge in [0.05, 0.1) is 0 Å². The van der Waals surface area contributed by atoms with Gasteiger partial charge in [0, 0.05) is 5.38 Å². The normalized spacial score (nSPS) is 20.8. The Morgan fingerprint density at radius 1 is 1.38 bits per heavy atom. The average molecular weight is 204 g/mol. The Kier molecular flexibility index (Phi) is 5.81. The molecule has 0 aliphatic heterocycles. The minimum absolute atomic E-state index is 0.341. The number of hydrogen-bond acceptors (Lipinski definition) is 1. The highest BCUT2D eigenvalue weighted by Crippen LogP contribution is 2.23. The van der Waals surface area contributed by atoms with Gasteiger partial charge in [-0.1, -0.05) is 12.8 Å². The van der Waals surface area contributed by atoms with Crippen molar-refractivity contribution in [3.63, 3.8) is 0 Å². The van der Waals surface area contributed by atoms with Crippen LogP contribution < -0.4 is 5.32 Å². The summed E-state index contributed by atoms with van der Waals surface area (Å²) < 4.78 is 0. The fraction of sp³-hybridized carbons (Fsp3) is 1.00. The van der Waals surface area contributed by atoms with Crippen molar-refractivity contribution in [3.8, 4) is 0 Å². The van der Waals surface area contributed by atoms with Crippen LogP contribution in [0.4, 0.5) is 0 Å². The van der Waals surface area contributed by atoms with Crippen LogP contribution in [-0.2, 0) is 0 Å². The van der Waals surface area contributed by atoms with Crippen LogP contribution >= 0.6 is 11.6 Å². The van der Waals surface area contributed by atoms with Crippen LogP contribution in [0.2, 0.25) is 0 Å². The number of rotatable bonds is 6. The van der Waals surface area contributed by atoms with E-state index in [9.17, 15) is 0 Å². The Labute approximate surface area is 87.2 Å². The Morgan fingerprint density at radius 3 is 2.69 bits per heavy atom. The number of nitrogens with one attached hydrogen (secondary N) is 1. The van der Waals surface area contributed by atoms with Crippen LogP contribution in [0.3, 0.4) is 0 Å². The summed E-state index contributed by atoms with van der Waals surface area (Å²) in [5.74, 6) is 0.966. The first-order chi connectivity index (χ1) is 6.29. The van der Waals surface area contributed by atoms with Crippen LogP contribution in [0.1, 0.15) is 45.4 Å². The summed E-state index contributed by atoms with van der Waals surface area (Å²) in [7, 11) is 0. The molecule has 1 unspecified atom stereocenters. The van der Waals surface area contributed by atoms with Gasteiger partial charge in [-0.05, 0) is 51.6 Å². The first-order valence-corrected chi connectivity index (χ1v) is 6.07. The van der Waals surface area contributed by atoms with Crippen molar-refractivity contribution in [2.45, 2.75) is 50.8 Å². The summed E-state index contributed by atoms with van der Waals surface area (Å²) in [6.45, 7) is 4.45. The van der Waals surface area contributed by atoms with Crippen LogP contribution in [0.25, 0.3) is 0 Å². The summed E-state index contributed by atoms with van der Waals surface area (Å²) in [6.07, 6.45) is 8.14. The minimum Gasteiger partial charge on any atom is -0.316 e. The lowest BCUT2D eigenvalue weighted by Gasteiger charge is -2.10. The molecule has 1 aliphatic rings. The number of hydrogen-bond donors (Lipinski definition) is 1. The van der Waals surface area contributed by atoms with Gasteiger partial charge in [-0.15, -0.1) is 11.6 Å². The second-order valence-corrected chi connectivity index (χ2v) is 5.02. The lowest BCUT2D eigenvalue weighted by Crippen LogP contribution is -2.22. The molecule has 1 saturated carbocycles. The average Bonchev–Trinajstić information content (AvgIpc) is 2.55. The fourth-order valence-corrected chi connectivity index (χ4v) is 2.18. The first kappa shape index (κ1) is 11.3. The van der Waals surface area contributed by atoms with Crippen LogP contribution in [0, 0.1) is 5.92 Å². The van der Waals surface area contributed by atoms with Gasteiger partial charge < -0.3 is 5.32 Å². The van der Waals surface area contributed by atoms with Crippen molar-refractivity contribution in [1.29, 1.82) is 0 Å². The van der Waals surface area contributed by atoms with Crippen molar-refractivity contribution in [1.82, 2.24) is 5.32 Å². The third-order valence-corrected chi connectivity index (χ3v) is 3.08. The quantitative estimate of drug-likeness (QED) is 0.517. The molecular weight excluding hydrogens is 182 g/mol. The molecule has 0 saturated heterocycles. The second-order valence-electron chi connectivity index (χ2n) is 4.28. The smallest absolute Gasteiger partial charge is 0.0308 e. The van der Waals surface area contributed by atoms with Gasteiger partial charge in [0.25, 0.3) is 0 Å². The molecule has 1 fully saturated rings. The molecule has 0 heterocycles. The van der Waals surface area contributed by atoms with E-state index in [-0.39, 0.29) is 0 Å². The highest BCUT2D eigenvalue weighted by atomic mass is 35.5. The Morgan fingerprint density at radius 2 is 2.08 bits per heavy atom. The molecule has 2 heteroatoms. The van der Waals surface area contributed by atoms with E-state index in [4.69, 9.17) is 11.6 Å². The molecule has 1 atom stereocenters. The molecule has 0 aromatic heterocycles. The van der Waals surface area contributed by atoms with Gasteiger partial charge in [-0.25, -0.2) is 0 Å². The molecule has 13 heavy (non-hydrogen) atoms. The zero-order valence-electron chi connectivity index (χ0n) is 8.69. The molecule has 0 amide bonds. The predicted molar refractivity (Wildman–Crippen MR) is 59.4 cm³/mol. The van der Waals surface area contributed by atoms with Crippen molar-refractivity contribution in [3.05, 3.63) is 0 Å². The predicted octanol–water partition coefficient (Wildman–Crippen LogP) is 3.17. The first-order valence-electron chi connectivity index (χ1n) is 5.64. The van der Waals surface area contributed by atoms with Crippen molar-refractivity contribution >= 4 is 11.6 Å². The number of halogens is 1. The van der Waals surface area contributed by atoms with Gasteiger partial charge in [0.15, 0.2) is 0 Å². The summed E-state index contributed by atoms with van der Waals surface area (Å²) in [5, 5.41) is 3.87. The maximum Gasteiger partial charge on any atom is 0.0308 e. The highest BCUT2D eigenvalue weighted by Gasteiger charge is 2.13. The summed E-state index contributed by atoms with van der Waals surface area (Å²) in [6, 6.07) is 0. The minimum atomic E-state index is 0.341. The van der Waals surface area contributed by atoms with Crippen molar-refractivity contribution in [2.24, 2.45) is 5.92 Å². The second kappa shape index (κ2) is 6.67. The molecule has 1 rings (SSSR count). The molecule has 1 N–H and O–H groups in total. The van der Waals surface area contributed by atoms with E-state index in [1.807, 2.05) is 0 Å². The van der Waals surface area contributed by atoms with Crippen LogP contribution in [0.5, 0.6) is 0 Å². The molecule has 78 valence electrons. The molecule has 0 aromatic rings. The third kappa shape index (κ3) is 5.53. The maximum absolute atomic E-state index is 5.86. The Hall–Kier alpha value is 0.250. The van der Waals surface area contributed by atoms with Gasteiger partial charge in [0.1, 0.15) is 0 Å². The van der Waals surface area contributed by atoms with Crippen LogP contribution in [0.15, 0.2) is 0 Å². The molecule has 0 bridgehead atoms. The third-order valence-electron chi connectivity index (χ3n) is 2.86. The van der Waals surface area contributed by atoms with E-state index in [0.717, 1.165) is 18.9 Å². The fourth-order valence-electron chi connectivity index (χ4n) is 2.03. The van der Waals surface area contributed by atoms with E-state index in [0.29, 0.717) is 5.38 Å². The standard InChI is InChI=1S/C11H22ClN/c1-10(12)5-4-8-13-9-11-6-2-3-7-11/h10-11,13H,2-9H2,1H3. The molecular formula is C11H22ClN. The Bertz CT molecular complexity index is 119. The van der Waals surface area contributed by atoms with Crippen molar-refractivity contribution < 1.29 is 0 Å². The van der Waals surface area contributed by atoms with E-state index < -0.39 is 0 Å². The zero-order chi connectivity index (χ0) is 9.52. The summed E-state index contributed by atoms with van der Waals surface area (Å²) in [5.41, 5.74) is 0. The summed E-state index contributed by atoms with van der Waals surface area (Å²) in [4.78, 5) is 0. The van der Waals surface area contributed by atoms with Gasteiger partial charge in [-0.3, -0.25) is 0 Å². The largest absolute Gasteiger partial charge is 0.316 e. The lowest BCUT2D eigenvalue weighted by molar-refractivity contribution is 0.482. The van der Waals surface area contributed by atoms with Crippen molar-refractivity contribution in [2.75, 3.05) is 13.1 Å². The summed E-state index contributed by atoms with van der Waals surface area (Å²) >= 11 is 5.86. The SMILES string of the molecule is CC(Cl)CCCNCC1CCCC1. The lowest BCUT2D eigenvalue weighted by atomic mass is 10.1. The maximum atomic E-state index is 5.86. The highest BCUT2D eigenvalue weighted by molar-refractivity contribution is 6.20. The molecule has 0 aromatic carbocycles. The molecule has 1 aliphatic carbocycles. The van der Waals surface area contributed by atoms with Gasteiger partial charge in [0.2, 0.25) is 0 Å². The molecule has 0 radical (unpaired) electrons.